The fraction of sp³-hybridized carbons (Fsp3) is 0.650. The zero-order chi connectivity index (χ0) is 15.8. The molecule has 2 spiro atoms. The molecule has 23 heavy (non-hydrogen) atoms. The molecule has 2 saturated carbocycles. The monoisotopic (exact) mass is 310 g/mol. The molecule has 3 fully saturated rings. The molecule has 0 radical (unpaired) electrons. The lowest BCUT2D eigenvalue weighted by atomic mass is 9.59. The van der Waals surface area contributed by atoms with Crippen LogP contribution in [0.5, 0.6) is 0 Å². The first kappa shape index (κ1) is 14.0. The summed E-state index contributed by atoms with van der Waals surface area (Å²) in [6.45, 7) is 1.27. The molecule has 1 aromatic carbocycles. The quantitative estimate of drug-likeness (QED) is 0.865. The van der Waals surface area contributed by atoms with Gasteiger partial charge in [0.2, 0.25) is 0 Å². The average Bonchev–Trinajstić information content (AvgIpc) is 2.74. The van der Waals surface area contributed by atoms with Crippen molar-refractivity contribution in [2.24, 2.45) is 11.3 Å². The van der Waals surface area contributed by atoms with Gasteiger partial charge in [-0.3, -0.25) is 4.79 Å². The molecule has 1 aliphatic heterocycles. The highest BCUT2D eigenvalue weighted by atomic mass is 16.1. The number of nitrogens with zero attached hydrogens (tertiary/aromatic N) is 1. The molecule has 0 unspecified atom stereocenters. The van der Waals surface area contributed by atoms with E-state index in [9.17, 15) is 4.79 Å². The number of carbonyl (C=O) groups is 1. The van der Waals surface area contributed by atoms with Crippen LogP contribution >= 0.6 is 0 Å². The molecule has 1 N–H and O–H groups in total. The third-order valence-corrected chi connectivity index (χ3v) is 7.49. The fourth-order valence-electron chi connectivity index (χ4n) is 7.02. The van der Waals surface area contributed by atoms with Crippen molar-refractivity contribution in [3.05, 3.63) is 34.9 Å². The number of fused-ring (bicyclic) bond motifs is 2. The van der Waals surface area contributed by atoms with Crippen LogP contribution in [0.15, 0.2) is 18.2 Å². The number of hydrogen-bond donors (Lipinski definition) is 1. The molecule has 3 nitrogen and oxygen atoms in total. The zero-order valence-electron chi connectivity index (χ0n) is 14.2. The van der Waals surface area contributed by atoms with Gasteiger partial charge in [-0.1, -0.05) is 18.9 Å². The highest BCUT2D eigenvalue weighted by Gasteiger charge is 2.69. The first-order valence-electron chi connectivity index (χ1n) is 9.15. The summed E-state index contributed by atoms with van der Waals surface area (Å²) in [6.07, 6.45) is 8.03. The third kappa shape index (κ3) is 1.57. The third-order valence-electron chi connectivity index (χ3n) is 7.49. The van der Waals surface area contributed by atoms with Gasteiger partial charge >= 0.3 is 0 Å². The number of amides is 1. The molecular formula is C20H26N2O. The minimum Gasteiger partial charge on any atom is -0.355 e. The van der Waals surface area contributed by atoms with E-state index in [1.165, 1.54) is 56.2 Å². The van der Waals surface area contributed by atoms with E-state index in [-0.39, 0.29) is 5.91 Å². The minimum absolute atomic E-state index is 0.0509. The van der Waals surface area contributed by atoms with E-state index in [1.54, 1.807) is 7.05 Å². The first-order chi connectivity index (χ1) is 11.1. The maximum absolute atomic E-state index is 12.1. The molecule has 1 saturated heterocycles. The van der Waals surface area contributed by atoms with Crippen molar-refractivity contribution in [1.82, 2.24) is 10.2 Å². The van der Waals surface area contributed by atoms with Crippen LogP contribution in [0.3, 0.4) is 0 Å². The van der Waals surface area contributed by atoms with E-state index in [1.807, 2.05) is 6.07 Å². The van der Waals surface area contributed by atoms with Gasteiger partial charge in [-0.15, -0.1) is 0 Å². The molecule has 1 aromatic rings. The summed E-state index contributed by atoms with van der Waals surface area (Å²) < 4.78 is 0. The van der Waals surface area contributed by atoms with Gasteiger partial charge in [0.15, 0.2) is 0 Å². The number of carbonyl (C=O) groups excluding carboxylic acids is 1. The van der Waals surface area contributed by atoms with E-state index in [0.717, 1.165) is 17.5 Å². The van der Waals surface area contributed by atoms with Crippen LogP contribution in [-0.2, 0) is 11.8 Å². The van der Waals surface area contributed by atoms with Gasteiger partial charge in [0.1, 0.15) is 0 Å². The second kappa shape index (κ2) is 4.38. The predicted octanol–water partition coefficient (Wildman–Crippen LogP) is 2.73. The lowest BCUT2D eigenvalue weighted by molar-refractivity contribution is -0.0519. The van der Waals surface area contributed by atoms with Crippen molar-refractivity contribution < 1.29 is 4.79 Å². The average molecular weight is 310 g/mol. The predicted molar refractivity (Wildman–Crippen MR) is 90.6 cm³/mol. The Hall–Kier alpha value is -1.35. The Bertz CT molecular complexity index is 699. The standard InChI is InChI=1S/C20H26N2O/c1-21-18(23)13-6-7-14-10-19-11-20(16(14)9-13)8-4-3-5-15(20)17(19)22(2)12-19/h6-7,9,15,17H,3-5,8,10-12H2,1-2H3,(H,21,23)/t15-,17-,19-,20+/m0/s1. The van der Waals surface area contributed by atoms with E-state index < -0.39 is 0 Å². The molecule has 5 rings (SSSR count). The summed E-state index contributed by atoms with van der Waals surface area (Å²) in [6, 6.07) is 7.31. The van der Waals surface area contributed by atoms with E-state index in [2.05, 4.69) is 29.4 Å². The first-order valence-corrected chi connectivity index (χ1v) is 9.15. The molecule has 2 bridgehead atoms. The normalized spacial score (nSPS) is 40.6. The van der Waals surface area contributed by atoms with Crippen LogP contribution in [0.25, 0.3) is 0 Å². The summed E-state index contributed by atoms with van der Waals surface area (Å²) >= 11 is 0. The van der Waals surface area contributed by atoms with Crippen molar-refractivity contribution >= 4 is 5.91 Å². The molecule has 3 heteroatoms. The number of hydrogen-bond acceptors (Lipinski definition) is 2. The maximum atomic E-state index is 12.1. The largest absolute Gasteiger partial charge is 0.355 e. The molecule has 122 valence electrons. The summed E-state index contributed by atoms with van der Waals surface area (Å²) in [5, 5.41) is 2.79. The summed E-state index contributed by atoms with van der Waals surface area (Å²) in [5.41, 5.74) is 4.79. The van der Waals surface area contributed by atoms with Gasteiger partial charge in [0.25, 0.3) is 5.91 Å². The summed E-state index contributed by atoms with van der Waals surface area (Å²) in [4.78, 5) is 14.7. The number of likely N-dealkylation sites (tertiary alicyclic amines) is 1. The van der Waals surface area contributed by atoms with Crippen LogP contribution in [-0.4, -0.2) is 37.5 Å². The summed E-state index contributed by atoms with van der Waals surface area (Å²) in [5.74, 6) is 0.853. The Balaban J connectivity index is 1.68. The smallest absolute Gasteiger partial charge is 0.251 e. The van der Waals surface area contributed by atoms with Gasteiger partial charge in [0, 0.05) is 36.0 Å². The fourth-order valence-corrected chi connectivity index (χ4v) is 7.02. The highest BCUT2D eigenvalue weighted by Crippen LogP contribution is 2.69. The van der Waals surface area contributed by atoms with Gasteiger partial charge in [-0.2, -0.15) is 0 Å². The lowest BCUT2D eigenvalue weighted by Crippen LogP contribution is -2.62. The molecule has 4 atom stereocenters. The number of rotatable bonds is 1. The Kier molecular flexibility index (Phi) is 2.67. The van der Waals surface area contributed by atoms with Gasteiger partial charge in [-0.05, 0) is 61.9 Å². The Morgan fingerprint density at radius 1 is 1.35 bits per heavy atom. The topological polar surface area (TPSA) is 32.3 Å². The Morgan fingerprint density at radius 2 is 2.22 bits per heavy atom. The minimum atomic E-state index is 0.0509. The molecule has 1 amide bonds. The van der Waals surface area contributed by atoms with E-state index >= 15 is 0 Å². The number of nitrogens with one attached hydrogen (secondary N) is 1. The summed E-state index contributed by atoms with van der Waals surface area (Å²) in [7, 11) is 4.04. The number of benzene rings is 1. The second-order valence-electron chi connectivity index (χ2n) is 8.54. The van der Waals surface area contributed by atoms with Crippen LogP contribution in [0.2, 0.25) is 0 Å². The van der Waals surface area contributed by atoms with Crippen LogP contribution in [0, 0.1) is 11.3 Å². The van der Waals surface area contributed by atoms with Gasteiger partial charge < -0.3 is 10.2 Å². The van der Waals surface area contributed by atoms with Crippen molar-refractivity contribution in [3.63, 3.8) is 0 Å². The lowest BCUT2D eigenvalue weighted by Gasteiger charge is -2.55. The SMILES string of the molecule is CNC(=O)c1ccc2c(c1)[C@@]13CCCC[C@H]1[C@@H]1N(C)C[C@]1(C2)C3. The van der Waals surface area contributed by atoms with E-state index in [4.69, 9.17) is 0 Å². The van der Waals surface area contributed by atoms with Gasteiger partial charge in [0.05, 0.1) is 0 Å². The van der Waals surface area contributed by atoms with Crippen molar-refractivity contribution in [3.8, 4) is 0 Å². The van der Waals surface area contributed by atoms with Crippen molar-refractivity contribution in [2.45, 2.75) is 50.0 Å². The van der Waals surface area contributed by atoms with Crippen LogP contribution < -0.4 is 5.32 Å². The second-order valence-corrected chi connectivity index (χ2v) is 8.54. The van der Waals surface area contributed by atoms with Crippen LogP contribution in [0.4, 0.5) is 0 Å². The molecule has 1 heterocycles. The Morgan fingerprint density at radius 3 is 3.00 bits per heavy atom. The highest BCUT2D eigenvalue weighted by molar-refractivity contribution is 5.94. The van der Waals surface area contributed by atoms with Crippen molar-refractivity contribution in [1.29, 1.82) is 0 Å². The molecule has 0 aromatic heterocycles. The molecular weight excluding hydrogens is 284 g/mol. The molecule has 3 aliphatic carbocycles. The van der Waals surface area contributed by atoms with Gasteiger partial charge in [-0.25, -0.2) is 0 Å². The maximum Gasteiger partial charge on any atom is 0.251 e. The zero-order valence-corrected chi connectivity index (χ0v) is 14.2. The molecule has 4 aliphatic rings. The van der Waals surface area contributed by atoms with E-state index in [0.29, 0.717) is 10.8 Å². The van der Waals surface area contributed by atoms with Crippen molar-refractivity contribution in [2.75, 3.05) is 20.6 Å². The Labute approximate surface area is 138 Å². The van der Waals surface area contributed by atoms with Crippen LogP contribution in [0.1, 0.15) is 53.6 Å².